The van der Waals surface area contributed by atoms with Gasteiger partial charge in [-0.15, -0.1) is 0 Å². The van der Waals surface area contributed by atoms with E-state index in [9.17, 15) is 4.79 Å². The smallest absolute Gasteiger partial charge is 0.407 e. The number of carbonyl (C=O) groups is 1. The van der Waals surface area contributed by atoms with Crippen LogP contribution in [0.15, 0.2) is 12.2 Å². The normalized spacial score (nSPS) is 18.6. The molecular weight excluding hydrogens is 194 g/mol. The van der Waals surface area contributed by atoms with Crippen LogP contribution in [-0.2, 0) is 0 Å². The summed E-state index contributed by atoms with van der Waals surface area (Å²) >= 11 is 0. The predicted molar refractivity (Wildman–Crippen MR) is 57.8 cm³/mol. The summed E-state index contributed by atoms with van der Waals surface area (Å²) in [6.07, 6.45) is 6.98. The third kappa shape index (κ3) is 4.34. The van der Waals surface area contributed by atoms with Gasteiger partial charge in [0, 0.05) is 13.1 Å². The van der Waals surface area contributed by atoms with Crippen molar-refractivity contribution in [3.05, 3.63) is 12.2 Å². The highest BCUT2D eigenvalue weighted by atomic mass is 16.4. The van der Waals surface area contributed by atoms with Crippen LogP contribution >= 0.6 is 0 Å². The second kappa shape index (κ2) is 6.45. The summed E-state index contributed by atoms with van der Waals surface area (Å²) in [5.74, 6) is 0.643. The summed E-state index contributed by atoms with van der Waals surface area (Å²) < 4.78 is 0. The summed E-state index contributed by atoms with van der Waals surface area (Å²) in [7, 11) is 0. The van der Waals surface area contributed by atoms with Gasteiger partial charge in [-0.2, -0.15) is 0 Å². The largest absolute Gasteiger partial charge is 0.465 e. The lowest BCUT2D eigenvalue weighted by atomic mass is 9.92. The minimum absolute atomic E-state index is 0.109. The first kappa shape index (κ1) is 12.0. The standard InChI is InChI=1S/C11H19NO3/c13-9-3-1-2-4-10-5-7-12(8-6-10)11(14)15/h1,3,10,13H,2,4-9H2,(H,14,15). The summed E-state index contributed by atoms with van der Waals surface area (Å²) in [6, 6.07) is 0. The molecule has 0 atom stereocenters. The summed E-state index contributed by atoms with van der Waals surface area (Å²) in [5, 5.41) is 17.3. The molecule has 0 aromatic heterocycles. The fraction of sp³-hybridized carbons (Fsp3) is 0.727. The summed E-state index contributed by atoms with van der Waals surface area (Å²) in [5.41, 5.74) is 0. The number of aliphatic hydroxyl groups is 1. The van der Waals surface area contributed by atoms with Crippen molar-refractivity contribution >= 4 is 6.09 Å². The van der Waals surface area contributed by atoms with Crippen LogP contribution in [0.2, 0.25) is 0 Å². The van der Waals surface area contributed by atoms with Crippen LogP contribution in [0.3, 0.4) is 0 Å². The minimum atomic E-state index is -0.798. The molecule has 0 aromatic carbocycles. The van der Waals surface area contributed by atoms with Crippen LogP contribution in [0, 0.1) is 5.92 Å². The summed E-state index contributed by atoms with van der Waals surface area (Å²) in [6.45, 7) is 1.45. The highest BCUT2D eigenvalue weighted by molar-refractivity contribution is 5.64. The topological polar surface area (TPSA) is 60.8 Å². The molecule has 1 aliphatic heterocycles. The lowest BCUT2D eigenvalue weighted by molar-refractivity contribution is 0.123. The van der Waals surface area contributed by atoms with Gasteiger partial charge in [0.1, 0.15) is 0 Å². The van der Waals surface area contributed by atoms with Gasteiger partial charge in [0.25, 0.3) is 0 Å². The number of nitrogens with zero attached hydrogens (tertiary/aromatic N) is 1. The molecule has 1 rings (SSSR count). The van der Waals surface area contributed by atoms with Crippen LogP contribution < -0.4 is 0 Å². The third-order valence-corrected chi connectivity index (χ3v) is 2.90. The van der Waals surface area contributed by atoms with Gasteiger partial charge in [0.2, 0.25) is 0 Å². The van der Waals surface area contributed by atoms with Crippen LogP contribution in [-0.4, -0.2) is 40.9 Å². The number of hydrogen-bond acceptors (Lipinski definition) is 2. The molecule has 0 aromatic rings. The molecule has 0 spiro atoms. The van der Waals surface area contributed by atoms with Gasteiger partial charge < -0.3 is 15.1 Å². The minimum Gasteiger partial charge on any atom is -0.465 e. The van der Waals surface area contributed by atoms with E-state index in [4.69, 9.17) is 10.2 Å². The van der Waals surface area contributed by atoms with E-state index in [-0.39, 0.29) is 6.61 Å². The number of amides is 1. The lowest BCUT2D eigenvalue weighted by Crippen LogP contribution is -2.37. The molecule has 4 heteroatoms. The SMILES string of the molecule is O=C(O)N1CCC(CCC=CCO)CC1. The molecular formula is C11H19NO3. The molecule has 0 aliphatic carbocycles. The first-order valence-corrected chi connectivity index (χ1v) is 5.47. The van der Waals surface area contributed by atoms with Gasteiger partial charge >= 0.3 is 6.09 Å². The molecule has 86 valence electrons. The van der Waals surface area contributed by atoms with Gasteiger partial charge in [-0.3, -0.25) is 0 Å². The zero-order chi connectivity index (χ0) is 11.1. The van der Waals surface area contributed by atoms with E-state index >= 15 is 0 Å². The van der Waals surface area contributed by atoms with Gasteiger partial charge in [0.15, 0.2) is 0 Å². The third-order valence-electron chi connectivity index (χ3n) is 2.90. The maximum atomic E-state index is 10.6. The van der Waals surface area contributed by atoms with E-state index in [0.29, 0.717) is 19.0 Å². The molecule has 4 nitrogen and oxygen atoms in total. The molecule has 15 heavy (non-hydrogen) atoms. The first-order chi connectivity index (χ1) is 7.24. The number of allylic oxidation sites excluding steroid dienone is 1. The molecule has 2 N–H and O–H groups in total. The van der Waals surface area contributed by atoms with Crippen molar-refractivity contribution in [3.63, 3.8) is 0 Å². The van der Waals surface area contributed by atoms with Gasteiger partial charge in [0.05, 0.1) is 6.61 Å². The number of likely N-dealkylation sites (tertiary alicyclic amines) is 1. The number of rotatable bonds is 4. The van der Waals surface area contributed by atoms with Crippen molar-refractivity contribution in [2.75, 3.05) is 19.7 Å². The zero-order valence-corrected chi connectivity index (χ0v) is 8.93. The molecule has 1 amide bonds. The Labute approximate surface area is 90.2 Å². The quantitative estimate of drug-likeness (QED) is 0.699. The predicted octanol–water partition coefficient (Wildman–Crippen LogP) is 1.71. The van der Waals surface area contributed by atoms with Crippen molar-refractivity contribution < 1.29 is 15.0 Å². The van der Waals surface area contributed by atoms with Crippen LogP contribution in [0.5, 0.6) is 0 Å². The molecule has 1 saturated heterocycles. The number of hydrogen-bond donors (Lipinski definition) is 2. The molecule has 0 radical (unpaired) electrons. The second-order valence-corrected chi connectivity index (χ2v) is 3.94. The Bertz CT molecular complexity index is 220. The summed E-state index contributed by atoms with van der Waals surface area (Å²) in [4.78, 5) is 12.1. The Hall–Kier alpha value is -1.03. The Morgan fingerprint density at radius 2 is 2.00 bits per heavy atom. The Kier molecular flexibility index (Phi) is 5.18. The molecule has 1 heterocycles. The molecule has 1 aliphatic rings. The van der Waals surface area contributed by atoms with Crippen LogP contribution in [0.1, 0.15) is 25.7 Å². The second-order valence-electron chi connectivity index (χ2n) is 3.94. The average Bonchev–Trinajstić information content (AvgIpc) is 2.25. The maximum absolute atomic E-state index is 10.6. The fourth-order valence-electron chi connectivity index (χ4n) is 1.94. The Morgan fingerprint density at radius 3 is 2.53 bits per heavy atom. The van der Waals surface area contributed by atoms with E-state index in [1.807, 2.05) is 6.08 Å². The average molecular weight is 213 g/mol. The molecule has 1 fully saturated rings. The number of aliphatic hydroxyl groups excluding tert-OH is 1. The van der Waals surface area contributed by atoms with E-state index in [0.717, 1.165) is 25.7 Å². The van der Waals surface area contributed by atoms with Crippen molar-refractivity contribution in [3.8, 4) is 0 Å². The number of piperidine rings is 1. The van der Waals surface area contributed by atoms with E-state index < -0.39 is 6.09 Å². The molecule has 0 bridgehead atoms. The van der Waals surface area contributed by atoms with E-state index in [1.165, 1.54) is 4.90 Å². The first-order valence-electron chi connectivity index (χ1n) is 5.47. The monoisotopic (exact) mass is 213 g/mol. The zero-order valence-electron chi connectivity index (χ0n) is 8.93. The maximum Gasteiger partial charge on any atom is 0.407 e. The van der Waals surface area contributed by atoms with E-state index in [1.54, 1.807) is 6.08 Å². The highest BCUT2D eigenvalue weighted by Crippen LogP contribution is 2.21. The van der Waals surface area contributed by atoms with Crippen LogP contribution in [0.25, 0.3) is 0 Å². The molecule has 0 saturated carbocycles. The van der Waals surface area contributed by atoms with Gasteiger partial charge in [-0.25, -0.2) is 4.79 Å². The Balaban J connectivity index is 2.14. The van der Waals surface area contributed by atoms with Crippen molar-refractivity contribution in [1.29, 1.82) is 0 Å². The number of carboxylic acid groups (broad SMARTS) is 1. The Morgan fingerprint density at radius 1 is 1.33 bits per heavy atom. The van der Waals surface area contributed by atoms with Crippen molar-refractivity contribution in [1.82, 2.24) is 4.90 Å². The van der Waals surface area contributed by atoms with Crippen LogP contribution in [0.4, 0.5) is 4.79 Å². The van der Waals surface area contributed by atoms with Gasteiger partial charge in [-0.1, -0.05) is 12.2 Å². The molecule has 0 unspecified atom stereocenters. The van der Waals surface area contributed by atoms with E-state index in [2.05, 4.69) is 0 Å². The fourth-order valence-corrected chi connectivity index (χ4v) is 1.94. The van der Waals surface area contributed by atoms with Crippen molar-refractivity contribution in [2.24, 2.45) is 5.92 Å². The van der Waals surface area contributed by atoms with Crippen molar-refractivity contribution in [2.45, 2.75) is 25.7 Å². The lowest BCUT2D eigenvalue weighted by Gasteiger charge is -2.29. The highest BCUT2D eigenvalue weighted by Gasteiger charge is 2.21. The van der Waals surface area contributed by atoms with Gasteiger partial charge in [-0.05, 0) is 31.6 Å².